The van der Waals surface area contributed by atoms with Gasteiger partial charge in [0.05, 0.1) is 24.6 Å². The van der Waals surface area contributed by atoms with Crippen LogP contribution in [0.25, 0.3) is 0 Å². The minimum Gasteiger partial charge on any atom is -0.449 e. The minimum absolute atomic E-state index is 0.144. The topological polar surface area (TPSA) is 136 Å². The lowest BCUT2D eigenvalue weighted by atomic mass is 9.94. The molecule has 2 aromatic rings. The number of nitriles is 1. The number of piperidine rings is 1. The number of rotatable bonds is 8. The summed E-state index contributed by atoms with van der Waals surface area (Å²) in [4.78, 5) is 25.7. The Labute approximate surface area is 184 Å². The van der Waals surface area contributed by atoms with Crippen LogP contribution in [0.3, 0.4) is 0 Å². The number of benzene rings is 1. The van der Waals surface area contributed by atoms with Crippen molar-refractivity contribution < 1.29 is 23.5 Å². The van der Waals surface area contributed by atoms with Gasteiger partial charge in [0, 0.05) is 45.1 Å². The van der Waals surface area contributed by atoms with E-state index >= 15 is 0 Å². The lowest BCUT2D eigenvalue weighted by molar-refractivity contribution is 0.0706. The zero-order chi connectivity index (χ0) is 23.1. The number of hydrogen-bond donors (Lipinski definition) is 2. The molecule has 170 valence electrons. The third kappa shape index (κ3) is 5.53. The van der Waals surface area contributed by atoms with Crippen molar-refractivity contribution in [1.82, 2.24) is 14.7 Å². The van der Waals surface area contributed by atoms with Gasteiger partial charge >= 0.3 is 6.09 Å². The molecule has 1 aliphatic rings. The van der Waals surface area contributed by atoms with Gasteiger partial charge in [-0.25, -0.2) is 9.18 Å². The average Bonchev–Trinajstić information content (AvgIpc) is 3.21. The highest BCUT2D eigenvalue weighted by molar-refractivity contribution is 5.98. The number of likely N-dealkylation sites (tertiary alicyclic amines) is 1. The Hall–Kier alpha value is -3.65. The second kappa shape index (κ2) is 10.6. The number of halogens is 1. The van der Waals surface area contributed by atoms with Crippen LogP contribution in [-0.2, 0) is 9.47 Å². The van der Waals surface area contributed by atoms with Crippen molar-refractivity contribution in [2.75, 3.05) is 38.7 Å². The third-order valence-corrected chi connectivity index (χ3v) is 5.16. The van der Waals surface area contributed by atoms with E-state index in [1.807, 2.05) is 0 Å². The summed E-state index contributed by atoms with van der Waals surface area (Å²) < 4.78 is 24.8. The molecule has 2 heterocycles. The molecule has 1 fully saturated rings. The first-order valence-corrected chi connectivity index (χ1v) is 10.1. The molecule has 11 heteroatoms. The van der Waals surface area contributed by atoms with Gasteiger partial charge in [0.1, 0.15) is 11.4 Å². The Morgan fingerprint density at radius 3 is 2.75 bits per heavy atom. The van der Waals surface area contributed by atoms with Gasteiger partial charge in [0.2, 0.25) is 0 Å². The molecule has 2 amide bonds. The fraction of sp³-hybridized carbons (Fsp3) is 0.429. The Bertz CT molecular complexity index is 987. The maximum atomic E-state index is 13.2. The second-order valence-corrected chi connectivity index (χ2v) is 7.37. The maximum absolute atomic E-state index is 13.2. The van der Waals surface area contributed by atoms with Crippen LogP contribution in [-0.4, -0.2) is 60.1 Å². The average molecular weight is 444 g/mol. The van der Waals surface area contributed by atoms with E-state index in [0.717, 1.165) is 0 Å². The monoisotopic (exact) mass is 444 g/mol. The van der Waals surface area contributed by atoms with E-state index in [9.17, 15) is 19.2 Å². The summed E-state index contributed by atoms with van der Waals surface area (Å²) in [5.74, 6) is -1.43. The van der Waals surface area contributed by atoms with E-state index in [4.69, 9.17) is 15.2 Å². The molecule has 0 spiro atoms. The molecule has 10 nitrogen and oxygen atoms in total. The van der Waals surface area contributed by atoms with Crippen molar-refractivity contribution in [3.05, 3.63) is 41.8 Å². The molecule has 3 N–H and O–H groups in total. The van der Waals surface area contributed by atoms with E-state index in [1.54, 1.807) is 7.11 Å². The number of aromatic nitrogens is 2. The Balaban J connectivity index is 1.72. The van der Waals surface area contributed by atoms with Gasteiger partial charge in [-0.05, 0) is 30.7 Å². The number of nitrogens with zero attached hydrogens (tertiary/aromatic N) is 4. The molecule has 32 heavy (non-hydrogen) atoms. The van der Waals surface area contributed by atoms with Crippen LogP contribution in [0.1, 0.15) is 29.2 Å². The van der Waals surface area contributed by atoms with Crippen LogP contribution in [0.2, 0.25) is 0 Å². The van der Waals surface area contributed by atoms with Crippen LogP contribution >= 0.6 is 0 Å². The number of primary amides is 1. The van der Waals surface area contributed by atoms with Crippen molar-refractivity contribution in [2.24, 2.45) is 11.7 Å². The highest BCUT2D eigenvalue weighted by Crippen LogP contribution is 2.30. The first kappa shape index (κ1) is 23.0. The SMILES string of the molecule is COCCCOC(=O)N1CC[C@H](n2cc(C(N)=O)c(Nc3ccc(F)cc3)n2)[C@@H](C#N)C1. The van der Waals surface area contributed by atoms with Gasteiger partial charge in [0.15, 0.2) is 5.82 Å². The second-order valence-electron chi connectivity index (χ2n) is 7.37. The number of methoxy groups -OCH3 is 1. The first-order chi connectivity index (χ1) is 15.4. The predicted octanol–water partition coefficient (Wildman–Crippen LogP) is 2.42. The zero-order valence-corrected chi connectivity index (χ0v) is 17.7. The van der Waals surface area contributed by atoms with Crippen molar-refractivity contribution in [2.45, 2.75) is 18.9 Å². The Morgan fingerprint density at radius 2 is 2.09 bits per heavy atom. The zero-order valence-electron chi connectivity index (χ0n) is 17.7. The van der Waals surface area contributed by atoms with E-state index < -0.39 is 23.7 Å². The fourth-order valence-corrected chi connectivity index (χ4v) is 3.51. The molecule has 1 aromatic heterocycles. The number of nitrogens with two attached hydrogens (primary N) is 1. The summed E-state index contributed by atoms with van der Waals surface area (Å²) in [6, 6.07) is 7.43. The van der Waals surface area contributed by atoms with E-state index in [-0.39, 0.29) is 30.6 Å². The van der Waals surface area contributed by atoms with Crippen LogP contribution in [0.4, 0.5) is 20.7 Å². The van der Waals surface area contributed by atoms with Crippen LogP contribution in [0, 0.1) is 23.1 Å². The normalized spacial score (nSPS) is 18.1. The van der Waals surface area contributed by atoms with E-state index in [1.165, 1.54) is 40.0 Å². The summed E-state index contributed by atoms with van der Waals surface area (Å²) in [6.45, 7) is 1.28. The molecule has 0 radical (unpaired) electrons. The molecule has 1 saturated heterocycles. The molecular weight excluding hydrogens is 419 g/mol. The number of nitrogens with one attached hydrogen (secondary N) is 1. The lowest BCUT2D eigenvalue weighted by Crippen LogP contribution is -2.44. The highest BCUT2D eigenvalue weighted by Gasteiger charge is 2.34. The first-order valence-electron chi connectivity index (χ1n) is 10.1. The maximum Gasteiger partial charge on any atom is 0.409 e. The number of hydrogen-bond acceptors (Lipinski definition) is 7. The van der Waals surface area contributed by atoms with Gasteiger partial charge in [-0.1, -0.05) is 0 Å². The fourth-order valence-electron chi connectivity index (χ4n) is 3.51. The summed E-state index contributed by atoms with van der Waals surface area (Å²) >= 11 is 0. The molecule has 2 atom stereocenters. The molecule has 0 aliphatic carbocycles. The minimum atomic E-state index is -0.688. The number of carbonyl (C=O) groups is 2. The van der Waals surface area contributed by atoms with Gasteiger partial charge in [-0.3, -0.25) is 9.48 Å². The molecule has 0 bridgehead atoms. The standard InChI is InChI=1S/C21H25FN6O4/c1-31-9-2-10-32-21(30)27-8-7-18(14(11-23)12-27)28-13-17(19(24)29)20(26-28)25-16-5-3-15(22)4-6-16/h3-6,13-14,18H,2,7-10,12H2,1H3,(H2,24,29)(H,25,26)/t14-,18-/m0/s1. The van der Waals surface area contributed by atoms with Crippen molar-refractivity contribution >= 4 is 23.5 Å². The van der Waals surface area contributed by atoms with E-state index in [2.05, 4.69) is 16.5 Å². The highest BCUT2D eigenvalue weighted by atomic mass is 19.1. The smallest absolute Gasteiger partial charge is 0.409 e. The molecule has 0 unspecified atom stereocenters. The number of carbonyl (C=O) groups excluding carboxylic acids is 2. The predicted molar refractivity (Wildman–Crippen MR) is 113 cm³/mol. The van der Waals surface area contributed by atoms with Gasteiger partial charge in [0.25, 0.3) is 5.91 Å². The van der Waals surface area contributed by atoms with Crippen LogP contribution < -0.4 is 11.1 Å². The number of ether oxygens (including phenoxy) is 2. The molecule has 1 aromatic carbocycles. The largest absolute Gasteiger partial charge is 0.449 e. The quantitative estimate of drug-likeness (QED) is 0.597. The van der Waals surface area contributed by atoms with Gasteiger partial charge in [-0.2, -0.15) is 10.4 Å². The van der Waals surface area contributed by atoms with E-state index in [0.29, 0.717) is 31.7 Å². The number of amides is 2. The molecular formula is C21H25FN6O4. The summed E-state index contributed by atoms with van der Waals surface area (Å²) in [5.41, 5.74) is 6.17. The van der Waals surface area contributed by atoms with Crippen LogP contribution in [0.5, 0.6) is 0 Å². The lowest BCUT2D eigenvalue weighted by Gasteiger charge is -2.34. The Kier molecular flexibility index (Phi) is 7.62. The summed E-state index contributed by atoms with van der Waals surface area (Å²) in [7, 11) is 1.57. The summed E-state index contributed by atoms with van der Waals surface area (Å²) in [5, 5.41) is 17.1. The van der Waals surface area contributed by atoms with Gasteiger partial charge < -0.3 is 25.4 Å². The van der Waals surface area contributed by atoms with Crippen LogP contribution in [0.15, 0.2) is 30.5 Å². The summed E-state index contributed by atoms with van der Waals surface area (Å²) in [6.07, 6.45) is 2.05. The molecule has 3 rings (SSSR count). The third-order valence-electron chi connectivity index (χ3n) is 5.16. The molecule has 1 aliphatic heterocycles. The van der Waals surface area contributed by atoms with Crippen molar-refractivity contribution in [3.8, 4) is 6.07 Å². The van der Waals surface area contributed by atoms with Crippen molar-refractivity contribution in [3.63, 3.8) is 0 Å². The molecule has 0 saturated carbocycles. The van der Waals surface area contributed by atoms with Crippen molar-refractivity contribution in [1.29, 1.82) is 5.26 Å². The Morgan fingerprint density at radius 1 is 1.34 bits per heavy atom. The number of anilines is 2. The van der Waals surface area contributed by atoms with Gasteiger partial charge in [-0.15, -0.1) is 0 Å².